The van der Waals surface area contributed by atoms with Crippen molar-refractivity contribution in [2.75, 3.05) is 34.3 Å². The molecule has 30 heavy (non-hydrogen) atoms. The number of nitrogens with zero attached hydrogens (tertiary/aromatic N) is 2. The SMILES string of the molecule is CN=C(NCc1ccccc1OCCN(C)C)NCc1oc2ccccc2c1C.I. The number of nitrogens with one attached hydrogen (secondary N) is 2. The van der Waals surface area contributed by atoms with E-state index in [1.807, 2.05) is 50.5 Å². The van der Waals surface area contributed by atoms with E-state index in [4.69, 9.17) is 9.15 Å². The maximum absolute atomic E-state index is 5.97. The molecule has 0 aliphatic carbocycles. The van der Waals surface area contributed by atoms with Gasteiger partial charge in [-0.2, -0.15) is 0 Å². The smallest absolute Gasteiger partial charge is 0.191 e. The fraction of sp³-hybridized carbons (Fsp3) is 0.348. The summed E-state index contributed by atoms with van der Waals surface area (Å²) in [5, 5.41) is 7.84. The monoisotopic (exact) mass is 522 g/mol. The predicted molar refractivity (Wildman–Crippen MR) is 134 cm³/mol. The van der Waals surface area contributed by atoms with Crippen LogP contribution in [0.3, 0.4) is 0 Å². The molecule has 0 fully saturated rings. The number of guanidine groups is 1. The van der Waals surface area contributed by atoms with Crippen molar-refractivity contribution in [1.29, 1.82) is 0 Å². The van der Waals surface area contributed by atoms with Gasteiger partial charge < -0.3 is 24.7 Å². The van der Waals surface area contributed by atoms with Gasteiger partial charge in [-0.15, -0.1) is 24.0 Å². The van der Waals surface area contributed by atoms with Gasteiger partial charge in [0.15, 0.2) is 5.96 Å². The minimum atomic E-state index is 0. The number of aliphatic imine (C=N–C) groups is 1. The van der Waals surface area contributed by atoms with Crippen molar-refractivity contribution in [3.63, 3.8) is 0 Å². The fourth-order valence-corrected chi connectivity index (χ4v) is 3.09. The van der Waals surface area contributed by atoms with Crippen LogP contribution in [0.15, 0.2) is 57.9 Å². The van der Waals surface area contributed by atoms with E-state index in [1.54, 1.807) is 7.05 Å². The summed E-state index contributed by atoms with van der Waals surface area (Å²) in [6, 6.07) is 16.2. The van der Waals surface area contributed by atoms with Crippen molar-refractivity contribution in [1.82, 2.24) is 15.5 Å². The number of halogens is 1. The number of rotatable bonds is 8. The second kappa shape index (κ2) is 11.8. The zero-order valence-corrected chi connectivity index (χ0v) is 20.4. The maximum atomic E-state index is 5.97. The molecule has 0 aliphatic rings. The van der Waals surface area contributed by atoms with Gasteiger partial charge >= 0.3 is 0 Å². The van der Waals surface area contributed by atoms with Crippen molar-refractivity contribution in [3.05, 3.63) is 65.4 Å². The molecule has 1 aromatic heterocycles. The molecule has 7 heteroatoms. The van der Waals surface area contributed by atoms with E-state index in [0.717, 1.165) is 40.2 Å². The molecule has 0 spiro atoms. The minimum absolute atomic E-state index is 0. The molecule has 0 saturated carbocycles. The van der Waals surface area contributed by atoms with Crippen molar-refractivity contribution >= 4 is 40.9 Å². The Bertz CT molecular complexity index is 969. The topological polar surface area (TPSA) is 62.0 Å². The lowest BCUT2D eigenvalue weighted by Crippen LogP contribution is -2.36. The molecule has 0 aliphatic heterocycles. The second-order valence-electron chi connectivity index (χ2n) is 7.19. The van der Waals surface area contributed by atoms with Crippen molar-refractivity contribution in [2.45, 2.75) is 20.0 Å². The van der Waals surface area contributed by atoms with E-state index in [0.29, 0.717) is 25.7 Å². The highest BCUT2D eigenvalue weighted by Gasteiger charge is 2.11. The van der Waals surface area contributed by atoms with Crippen LogP contribution in [0.25, 0.3) is 11.0 Å². The highest BCUT2D eigenvalue weighted by Crippen LogP contribution is 2.24. The second-order valence-corrected chi connectivity index (χ2v) is 7.19. The third kappa shape index (κ3) is 6.37. The van der Waals surface area contributed by atoms with Crippen LogP contribution in [0.2, 0.25) is 0 Å². The van der Waals surface area contributed by atoms with Crippen LogP contribution in [-0.4, -0.2) is 45.2 Å². The first-order chi connectivity index (χ1) is 14.1. The normalized spacial score (nSPS) is 11.4. The Balaban J connectivity index is 0.00000320. The summed E-state index contributed by atoms with van der Waals surface area (Å²) in [5.41, 5.74) is 3.16. The zero-order valence-electron chi connectivity index (χ0n) is 18.1. The van der Waals surface area contributed by atoms with Gasteiger partial charge in [-0.05, 0) is 33.2 Å². The predicted octanol–water partition coefficient (Wildman–Crippen LogP) is 4.16. The molecular formula is C23H31IN4O2. The molecule has 2 aromatic carbocycles. The molecule has 2 N–H and O–H groups in total. The maximum Gasteiger partial charge on any atom is 0.191 e. The zero-order chi connectivity index (χ0) is 20.6. The number of fused-ring (bicyclic) bond motifs is 1. The first-order valence-electron chi connectivity index (χ1n) is 9.85. The van der Waals surface area contributed by atoms with Gasteiger partial charge in [-0.3, -0.25) is 4.99 Å². The van der Waals surface area contributed by atoms with Gasteiger partial charge in [0.05, 0.1) is 6.54 Å². The van der Waals surface area contributed by atoms with E-state index in [-0.39, 0.29) is 24.0 Å². The van der Waals surface area contributed by atoms with Crippen LogP contribution in [0, 0.1) is 6.92 Å². The van der Waals surface area contributed by atoms with Gasteiger partial charge in [-0.1, -0.05) is 36.4 Å². The third-order valence-electron chi connectivity index (χ3n) is 4.80. The molecule has 6 nitrogen and oxygen atoms in total. The summed E-state index contributed by atoms with van der Waals surface area (Å²) in [5.74, 6) is 2.53. The summed E-state index contributed by atoms with van der Waals surface area (Å²) >= 11 is 0. The Labute approximate surface area is 195 Å². The number of hydrogen-bond acceptors (Lipinski definition) is 4. The van der Waals surface area contributed by atoms with Crippen LogP contribution in [0.1, 0.15) is 16.9 Å². The summed E-state index contributed by atoms with van der Waals surface area (Å²) < 4.78 is 11.9. The van der Waals surface area contributed by atoms with Crippen molar-refractivity contribution < 1.29 is 9.15 Å². The van der Waals surface area contributed by atoms with Gasteiger partial charge in [0.25, 0.3) is 0 Å². The molecule has 0 atom stereocenters. The van der Waals surface area contributed by atoms with Gasteiger partial charge in [0.2, 0.25) is 0 Å². The number of para-hydroxylation sites is 2. The molecular weight excluding hydrogens is 491 g/mol. The summed E-state index contributed by atoms with van der Waals surface area (Å²) in [6.45, 7) is 4.81. The summed E-state index contributed by atoms with van der Waals surface area (Å²) in [7, 11) is 5.84. The highest BCUT2D eigenvalue weighted by atomic mass is 127. The molecule has 0 bridgehead atoms. The van der Waals surface area contributed by atoms with Gasteiger partial charge in [0.1, 0.15) is 23.7 Å². The molecule has 162 valence electrons. The molecule has 3 rings (SSSR count). The van der Waals surface area contributed by atoms with Crippen molar-refractivity contribution in [3.8, 4) is 5.75 Å². The number of benzene rings is 2. The first kappa shape index (κ1) is 24.0. The van der Waals surface area contributed by atoms with Crippen LogP contribution < -0.4 is 15.4 Å². The Morgan fingerprint density at radius 2 is 1.73 bits per heavy atom. The number of aryl methyl sites for hydroxylation is 1. The van der Waals surface area contributed by atoms with E-state index in [2.05, 4.69) is 39.6 Å². The van der Waals surface area contributed by atoms with Crippen LogP contribution >= 0.6 is 24.0 Å². The summed E-state index contributed by atoms with van der Waals surface area (Å²) in [4.78, 5) is 6.43. The molecule has 1 heterocycles. The molecule has 0 saturated heterocycles. The lowest BCUT2D eigenvalue weighted by molar-refractivity contribution is 0.259. The van der Waals surface area contributed by atoms with E-state index in [9.17, 15) is 0 Å². The lowest BCUT2D eigenvalue weighted by Gasteiger charge is -2.16. The Morgan fingerprint density at radius 3 is 2.47 bits per heavy atom. The van der Waals surface area contributed by atoms with Crippen LogP contribution in [-0.2, 0) is 13.1 Å². The fourth-order valence-electron chi connectivity index (χ4n) is 3.09. The number of furan rings is 1. The molecule has 0 radical (unpaired) electrons. The van der Waals surface area contributed by atoms with E-state index in [1.165, 1.54) is 0 Å². The number of hydrogen-bond donors (Lipinski definition) is 2. The van der Waals surface area contributed by atoms with Crippen LogP contribution in [0.5, 0.6) is 5.75 Å². The first-order valence-corrected chi connectivity index (χ1v) is 9.85. The van der Waals surface area contributed by atoms with Crippen molar-refractivity contribution in [2.24, 2.45) is 4.99 Å². The molecule has 0 unspecified atom stereocenters. The molecule has 0 amide bonds. The largest absolute Gasteiger partial charge is 0.492 e. The van der Waals surface area contributed by atoms with E-state index >= 15 is 0 Å². The Hall–Kier alpha value is -2.26. The van der Waals surface area contributed by atoms with Gasteiger partial charge in [0, 0.05) is 36.7 Å². The molecule has 3 aromatic rings. The minimum Gasteiger partial charge on any atom is -0.492 e. The average Bonchev–Trinajstić information content (AvgIpc) is 3.05. The van der Waals surface area contributed by atoms with Gasteiger partial charge in [-0.25, -0.2) is 0 Å². The third-order valence-corrected chi connectivity index (χ3v) is 4.80. The number of likely N-dealkylation sites (N-methyl/N-ethyl adjacent to an activating group) is 1. The average molecular weight is 522 g/mol. The van der Waals surface area contributed by atoms with Crippen LogP contribution in [0.4, 0.5) is 0 Å². The van der Waals surface area contributed by atoms with E-state index < -0.39 is 0 Å². The lowest BCUT2D eigenvalue weighted by atomic mass is 10.1. The standard InChI is InChI=1S/C23H30N4O2.HI/c1-17-19-10-6-8-12-21(19)29-22(17)16-26-23(24-2)25-15-18-9-5-7-11-20(18)28-14-13-27(3)4;/h5-12H,13-16H2,1-4H3,(H2,24,25,26);1H. The quantitative estimate of drug-likeness (QED) is 0.264. The Morgan fingerprint density at radius 1 is 1.03 bits per heavy atom. The number of ether oxygens (including phenoxy) is 1. The summed E-state index contributed by atoms with van der Waals surface area (Å²) in [6.07, 6.45) is 0. The highest BCUT2D eigenvalue weighted by molar-refractivity contribution is 14.0. The Kier molecular flexibility index (Phi) is 9.45.